The number of quaternary nitrogens is 1. The molecule has 0 bridgehead atoms. The standard InChI is InChI=1S/C38H71NO7/c1-6-8-10-12-14-15-16-17-18-19-20-21-23-25-27-29-37(41)46-34(32-44-31-30-35(38(42)43)39(3,4)5)33-45-36(40)28-26-24-22-13-11-9-7-2/h15-16,34-35H,6-14,17-33H2,1-5H3/p+1/b16-15+. The number of hydrogen-bond acceptors (Lipinski definition) is 6. The molecule has 2 unspecified atom stereocenters. The summed E-state index contributed by atoms with van der Waals surface area (Å²) in [5, 5.41) is 9.55. The number of rotatable bonds is 33. The number of allylic oxidation sites excluding steroid dienone is 2. The Morgan fingerprint density at radius 2 is 1.09 bits per heavy atom. The molecule has 0 rings (SSSR count). The lowest BCUT2D eigenvalue weighted by Crippen LogP contribution is -2.50. The first-order valence-corrected chi connectivity index (χ1v) is 18.7. The Labute approximate surface area is 282 Å². The maximum absolute atomic E-state index is 12.6. The third-order valence-corrected chi connectivity index (χ3v) is 8.41. The predicted molar refractivity (Wildman–Crippen MR) is 188 cm³/mol. The van der Waals surface area contributed by atoms with E-state index in [0.717, 1.165) is 38.5 Å². The maximum atomic E-state index is 12.6. The van der Waals surface area contributed by atoms with Crippen molar-refractivity contribution in [1.29, 1.82) is 0 Å². The third-order valence-electron chi connectivity index (χ3n) is 8.41. The van der Waals surface area contributed by atoms with Crippen LogP contribution in [0.4, 0.5) is 0 Å². The molecule has 0 saturated carbocycles. The van der Waals surface area contributed by atoms with E-state index in [-0.39, 0.29) is 36.2 Å². The van der Waals surface area contributed by atoms with Gasteiger partial charge in [-0.15, -0.1) is 0 Å². The van der Waals surface area contributed by atoms with Gasteiger partial charge in [0.2, 0.25) is 0 Å². The molecule has 0 fully saturated rings. The number of carbonyl (C=O) groups excluding carboxylic acids is 2. The largest absolute Gasteiger partial charge is 0.477 e. The van der Waals surface area contributed by atoms with Crippen molar-refractivity contribution >= 4 is 17.9 Å². The lowest BCUT2D eigenvalue weighted by Gasteiger charge is -2.31. The molecule has 2 atom stereocenters. The third kappa shape index (κ3) is 28.3. The second kappa shape index (κ2) is 30.4. The number of hydrogen-bond donors (Lipinski definition) is 1. The zero-order valence-electron chi connectivity index (χ0n) is 30.5. The number of esters is 2. The SMILES string of the molecule is CCCCCC/C=C/CCCCCCCCCC(=O)OC(COCCC(C(=O)O)[N+](C)(C)C)COC(=O)CCCCCCCCC. The number of aliphatic carboxylic acids is 1. The first-order valence-electron chi connectivity index (χ1n) is 18.7. The van der Waals surface area contributed by atoms with Gasteiger partial charge < -0.3 is 23.8 Å². The molecule has 8 nitrogen and oxygen atoms in total. The van der Waals surface area contributed by atoms with E-state index < -0.39 is 18.1 Å². The second-order valence-corrected chi connectivity index (χ2v) is 13.8. The van der Waals surface area contributed by atoms with Crippen LogP contribution in [0.5, 0.6) is 0 Å². The average molecular weight is 655 g/mol. The van der Waals surface area contributed by atoms with Gasteiger partial charge in [0, 0.05) is 19.3 Å². The van der Waals surface area contributed by atoms with Gasteiger partial charge in [-0.1, -0.05) is 116 Å². The Morgan fingerprint density at radius 3 is 1.59 bits per heavy atom. The fourth-order valence-electron chi connectivity index (χ4n) is 5.44. The fraction of sp³-hybridized carbons (Fsp3) is 0.868. The zero-order valence-corrected chi connectivity index (χ0v) is 30.5. The summed E-state index contributed by atoms with van der Waals surface area (Å²) >= 11 is 0. The fourth-order valence-corrected chi connectivity index (χ4v) is 5.44. The van der Waals surface area contributed by atoms with Gasteiger partial charge in [0.1, 0.15) is 6.61 Å². The number of nitrogens with zero attached hydrogens (tertiary/aromatic N) is 1. The van der Waals surface area contributed by atoms with E-state index in [9.17, 15) is 19.5 Å². The highest BCUT2D eigenvalue weighted by atomic mass is 16.6. The van der Waals surface area contributed by atoms with E-state index in [1.54, 1.807) is 0 Å². The average Bonchev–Trinajstić information content (AvgIpc) is 3.00. The number of ether oxygens (including phenoxy) is 3. The van der Waals surface area contributed by atoms with E-state index in [2.05, 4.69) is 26.0 Å². The highest BCUT2D eigenvalue weighted by Gasteiger charge is 2.31. The van der Waals surface area contributed by atoms with Crippen LogP contribution in [0.1, 0.15) is 162 Å². The summed E-state index contributed by atoms with van der Waals surface area (Å²) in [5.41, 5.74) is 0. The monoisotopic (exact) mass is 655 g/mol. The molecule has 0 aromatic carbocycles. The molecule has 0 saturated heterocycles. The van der Waals surface area contributed by atoms with Crippen molar-refractivity contribution in [3.63, 3.8) is 0 Å². The molecule has 270 valence electrons. The van der Waals surface area contributed by atoms with Crippen molar-refractivity contribution in [2.45, 2.75) is 174 Å². The van der Waals surface area contributed by atoms with Gasteiger partial charge in [-0.3, -0.25) is 9.59 Å². The lowest BCUT2D eigenvalue weighted by atomic mass is 10.1. The van der Waals surface area contributed by atoms with Gasteiger partial charge in [0.05, 0.1) is 34.4 Å². The molecule has 1 N–H and O–H groups in total. The van der Waals surface area contributed by atoms with Gasteiger partial charge >= 0.3 is 17.9 Å². The van der Waals surface area contributed by atoms with E-state index in [1.165, 1.54) is 89.9 Å². The van der Waals surface area contributed by atoms with E-state index in [0.29, 0.717) is 19.3 Å². The summed E-state index contributed by atoms with van der Waals surface area (Å²) in [6.07, 6.45) is 28.3. The number of unbranched alkanes of at least 4 members (excludes halogenated alkanes) is 17. The highest BCUT2D eigenvalue weighted by molar-refractivity contribution is 5.72. The minimum Gasteiger partial charge on any atom is -0.477 e. The predicted octanol–water partition coefficient (Wildman–Crippen LogP) is 9.19. The molecule has 0 amide bonds. The van der Waals surface area contributed by atoms with Crippen LogP contribution in [-0.4, -0.2) is 80.6 Å². The van der Waals surface area contributed by atoms with Gasteiger partial charge in [-0.2, -0.15) is 0 Å². The molecular formula is C38H72NO7+. The summed E-state index contributed by atoms with van der Waals surface area (Å²) < 4.78 is 17.1. The Balaban J connectivity index is 4.37. The number of carbonyl (C=O) groups is 3. The molecule has 8 heteroatoms. The number of carboxylic acids is 1. The van der Waals surface area contributed by atoms with Crippen molar-refractivity contribution in [1.82, 2.24) is 0 Å². The van der Waals surface area contributed by atoms with Crippen LogP contribution in [0.2, 0.25) is 0 Å². The van der Waals surface area contributed by atoms with Crippen LogP contribution in [0.3, 0.4) is 0 Å². The van der Waals surface area contributed by atoms with Crippen molar-refractivity contribution in [3.8, 4) is 0 Å². The van der Waals surface area contributed by atoms with Crippen LogP contribution in [-0.2, 0) is 28.6 Å². The van der Waals surface area contributed by atoms with Gasteiger partial charge in [0.15, 0.2) is 12.1 Å². The maximum Gasteiger partial charge on any atom is 0.362 e. The Bertz CT molecular complexity index is 778. The second-order valence-electron chi connectivity index (χ2n) is 13.8. The molecule has 0 radical (unpaired) electrons. The molecule has 0 aromatic rings. The molecule has 0 spiro atoms. The Kier molecular flexibility index (Phi) is 29.1. The Hall–Kier alpha value is -1.93. The quantitative estimate of drug-likeness (QED) is 0.0326. The van der Waals surface area contributed by atoms with Gasteiger partial charge in [0.25, 0.3) is 0 Å². The molecule has 0 aliphatic rings. The van der Waals surface area contributed by atoms with Crippen molar-refractivity contribution in [2.75, 3.05) is 41.0 Å². The van der Waals surface area contributed by atoms with E-state index in [4.69, 9.17) is 14.2 Å². The van der Waals surface area contributed by atoms with E-state index >= 15 is 0 Å². The molecule has 46 heavy (non-hydrogen) atoms. The van der Waals surface area contributed by atoms with Gasteiger partial charge in [-0.05, 0) is 38.5 Å². The topological polar surface area (TPSA) is 99.1 Å². The normalized spacial score (nSPS) is 13.2. The molecule has 0 aromatic heterocycles. The first-order chi connectivity index (χ1) is 22.1. The van der Waals surface area contributed by atoms with Crippen LogP contribution in [0, 0.1) is 0 Å². The summed E-state index contributed by atoms with van der Waals surface area (Å²) in [7, 11) is 5.51. The van der Waals surface area contributed by atoms with Gasteiger partial charge in [-0.25, -0.2) is 4.79 Å². The zero-order chi connectivity index (χ0) is 34.3. The number of carboxylic acid groups (broad SMARTS) is 1. The molecule has 0 aliphatic carbocycles. The summed E-state index contributed by atoms with van der Waals surface area (Å²) in [6, 6.07) is -0.609. The van der Waals surface area contributed by atoms with Crippen LogP contribution >= 0.6 is 0 Å². The highest BCUT2D eigenvalue weighted by Crippen LogP contribution is 2.13. The van der Waals surface area contributed by atoms with Crippen molar-refractivity contribution < 1.29 is 38.2 Å². The minimum absolute atomic E-state index is 0.0488. The lowest BCUT2D eigenvalue weighted by molar-refractivity contribution is -0.887. The number of likely N-dealkylation sites (N-methyl/N-ethyl adjacent to an activating group) is 1. The molecular weight excluding hydrogens is 582 g/mol. The molecule has 0 aliphatic heterocycles. The van der Waals surface area contributed by atoms with E-state index in [1.807, 2.05) is 21.1 Å². The van der Waals surface area contributed by atoms with Crippen LogP contribution < -0.4 is 0 Å². The first kappa shape index (κ1) is 44.1. The van der Waals surface area contributed by atoms with Crippen LogP contribution in [0.25, 0.3) is 0 Å². The smallest absolute Gasteiger partial charge is 0.362 e. The van der Waals surface area contributed by atoms with Crippen molar-refractivity contribution in [3.05, 3.63) is 12.2 Å². The summed E-state index contributed by atoms with van der Waals surface area (Å²) in [4.78, 5) is 36.6. The Morgan fingerprint density at radius 1 is 0.630 bits per heavy atom. The van der Waals surface area contributed by atoms with Crippen molar-refractivity contribution in [2.24, 2.45) is 0 Å². The van der Waals surface area contributed by atoms with Crippen LogP contribution in [0.15, 0.2) is 12.2 Å². The summed E-state index contributed by atoms with van der Waals surface area (Å²) in [5.74, 6) is -1.48. The minimum atomic E-state index is -0.876. The molecule has 0 heterocycles. The summed E-state index contributed by atoms with van der Waals surface area (Å²) in [6.45, 7) is 4.67.